The van der Waals surface area contributed by atoms with Crippen molar-refractivity contribution in [1.82, 2.24) is 0 Å². The van der Waals surface area contributed by atoms with Crippen molar-refractivity contribution in [1.29, 1.82) is 0 Å². The minimum Gasteiger partial charge on any atom is -0.465 e. The number of benzene rings is 3. The number of allylic oxidation sites excluding steroid dienone is 6. The molecule has 0 saturated heterocycles. The van der Waals surface area contributed by atoms with Crippen molar-refractivity contribution in [2.45, 2.75) is 32.6 Å². The molecular weight excluding hydrogens is 404 g/mol. The molecule has 2 nitrogen and oxygen atoms in total. The molecule has 0 N–H and O–H groups in total. The molecule has 0 spiro atoms. The van der Waals surface area contributed by atoms with Crippen molar-refractivity contribution in [3.8, 4) is 11.5 Å². The first-order chi connectivity index (χ1) is 16.3. The minimum absolute atomic E-state index is 0.125. The third-order valence-corrected chi connectivity index (χ3v) is 5.09. The molecule has 0 radical (unpaired) electrons. The third kappa shape index (κ3) is 7.69. The molecule has 0 heterocycles. The first-order valence-corrected chi connectivity index (χ1v) is 11.5. The van der Waals surface area contributed by atoms with Gasteiger partial charge in [0.05, 0.1) is 12.5 Å². The summed E-state index contributed by atoms with van der Waals surface area (Å²) in [5.74, 6) is 1.76. The lowest BCUT2D eigenvalue weighted by Crippen LogP contribution is -2.03. The van der Waals surface area contributed by atoms with Crippen LogP contribution in [0.2, 0.25) is 0 Å². The second-order valence-electron chi connectivity index (χ2n) is 7.55. The highest BCUT2D eigenvalue weighted by molar-refractivity contribution is 5.45. The van der Waals surface area contributed by atoms with Gasteiger partial charge in [0.2, 0.25) is 0 Å². The van der Waals surface area contributed by atoms with E-state index in [0.29, 0.717) is 0 Å². The second-order valence-corrected chi connectivity index (χ2v) is 7.55. The van der Waals surface area contributed by atoms with Crippen LogP contribution in [0, 0.1) is 0 Å². The Morgan fingerprint density at radius 2 is 0.970 bits per heavy atom. The topological polar surface area (TPSA) is 18.5 Å². The Bertz CT molecular complexity index is 987. The third-order valence-electron chi connectivity index (χ3n) is 5.09. The molecule has 3 aromatic carbocycles. The standard InChI is InChI=1S/C31H32O2/c1-3-5-7-12-24-32-29-20-16-27(17-21-29)31(26-14-10-9-11-15-26)28-18-22-30(23-19-28)33-25-13-8-6-4-2/h5-25,31H,3-4H2,1-2H3. The van der Waals surface area contributed by atoms with E-state index in [1.54, 1.807) is 12.5 Å². The van der Waals surface area contributed by atoms with Crippen LogP contribution < -0.4 is 9.47 Å². The van der Waals surface area contributed by atoms with Crippen molar-refractivity contribution in [3.05, 3.63) is 145 Å². The zero-order valence-electron chi connectivity index (χ0n) is 19.4. The molecule has 2 heteroatoms. The van der Waals surface area contributed by atoms with Crippen LogP contribution in [0.4, 0.5) is 0 Å². The van der Waals surface area contributed by atoms with Gasteiger partial charge < -0.3 is 9.47 Å². The van der Waals surface area contributed by atoms with Gasteiger partial charge >= 0.3 is 0 Å². The van der Waals surface area contributed by atoms with Gasteiger partial charge in [-0.25, -0.2) is 0 Å². The van der Waals surface area contributed by atoms with Gasteiger partial charge in [-0.1, -0.05) is 92.7 Å². The summed E-state index contributed by atoms with van der Waals surface area (Å²) in [5.41, 5.74) is 3.66. The van der Waals surface area contributed by atoms with E-state index in [1.807, 2.05) is 54.6 Å². The summed E-state index contributed by atoms with van der Waals surface area (Å²) in [5, 5.41) is 0. The van der Waals surface area contributed by atoms with Crippen LogP contribution in [0.3, 0.4) is 0 Å². The Morgan fingerprint density at radius 1 is 0.545 bits per heavy atom. The second kappa shape index (κ2) is 13.6. The van der Waals surface area contributed by atoms with E-state index in [9.17, 15) is 0 Å². The van der Waals surface area contributed by atoms with Crippen LogP contribution in [0.15, 0.2) is 128 Å². The fourth-order valence-electron chi connectivity index (χ4n) is 3.46. The first kappa shape index (κ1) is 23.9. The predicted octanol–water partition coefficient (Wildman–Crippen LogP) is 8.58. The molecule has 0 aromatic heterocycles. The lowest BCUT2D eigenvalue weighted by atomic mass is 9.85. The highest BCUT2D eigenvalue weighted by atomic mass is 16.5. The molecule has 3 rings (SSSR count). The van der Waals surface area contributed by atoms with Crippen LogP contribution in [0.25, 0.3) is 0 Å². The summed E-state index contributed by atoms with van der Waals surface area (Å²) in [7, 11) is 0. The zero-order valence-corrected chi connectivity index (χ0v) is 19.4. The van der Waals surface area contributed by atoms with Crippen molar-refractivity contribution in [2.24, 2.45) is 0 Å². The minimum atomic E-state index is 0.125. The van der Waals surface area contributed by atoms with Crippen molar-refractivity contribution in [2.75, 3.05) is 0 Å². The maximum absolute atomic E-state index is 5.72. The Labute approximate surface area is 198 Å². The first-order valence-electron chi connectivity index (χ1n) is 11.5. The lowest BCUT2D eigenvalue weighted by Gasteiger charge is -2.19. The average Bonchev–Trinajstić information content (AvgIpc) is 2.86. The summed E-state index contributed by atoms with van der Waals surface area (Å²) in [6.45, 7) is 4.22. The molecule has 0 fully saturated rings. The van der Waals surface area contributed by atoms with E-state index in [4.69, 9.17) is 9.47 Å². The number of hydrogen-bond donors (Lipinski definition) is 0. The number of rotatable bonds is 11. The van der Waals surface area contributed by atoms with Crippen LogP contribution in [-0.4, -0.2) is 0 Å². The Morgan fingerprint density at radius 3 is 1.39 bits per heavy atom. The van der Waals surface area contributed by atoms with E-state index in [1.165, 1.54) is 16.7 Å². The van der Waals surface area contributed by atoms with E-state index in [2.05, 4.69) is 74.5 Å². The molecule has 0 bridgehead atoms. The van der Waals surface area contributed by atoms with Crippen molar-refractivity contribution in [3.63, 3.8) is 0 Å². The predicted molar refractivity (Wildman–Crippen MR) is 139 cm³/mol. The van der Waals surface area contributed by atoms with Crippen molar-refractivity contribution >= 4 is 0 Å². The van der Waals surface area contributed by atoms with Gasteiger partial charge in [0, 0.05) is 5.92 Å². The van der Waals surface area contributed by atoms with E-state index in [-0.39, 0.29) is 5.92 Å². The van der Waals surface area contributed by atoms with Gasteiger partial charge in [0.1, 0.15) is 11.5 Å². The van der Waals surface area contributed by atoms with Crippen LogP contribution in [0.5, 0.6) is 11.5 Å². The highest BCUT2D eigenvalue weighted by Crippen LogP contribution is 2.33. The molecule has 0 unspecified atom stereocenters. The van der Waals surface area contributed by atoms with Gasteiger partial charge in [-0.05, 0) is 65.9 Å². The van der Waals surface area contributed by atoms with Gasteiger partial charge in [-0.15, -0.1) is 0 Å². The largest absolute Gasteiger partial charge is 0.465 e. The molecule has 0 aliphatic carbocycles. The fraction of sp³-hybridized carbons (Fsp3) is 0.161. The average molecular weight is 437 g/mol. The molecule has 0 saturated carbocycles. The Hall–Kier alpha value is -3.78. The van der Waals surface area contributed by atoms with Crippen LogP contribution in [-0.2, 0) is 0 Å². The lowest BCUT2D eigenvalue weighted by molar-refractivity contribution is 0.481. The zero-order chi connectivity index (χ0) is 23.1. The van der Waals surface area contributed by atoms with Crippen LogP contribution >= 0.6 is 0 Å². The molecule has 0 amide bonds. The molecule has 33 heavy (non-hydrogen) atoms. The molecule has 3 aromatic rings. The summed E-state index contributed by atoms with van der Waals surface area (Å²) < 4.78 is 11.4. The SMILES string of the molecule is CCC=CC=COc1ccc(C(c2ccccc2)c2ccc(OC=CC=CCC)cc2)cc1. The molecule has 0 atom stereocenters. The fourth-order valence-corrected chi connectivity index (χ4v) is 3.46. The molecule has 0 aliphatic heterocycles. The smallest absolute Gasteiger partial charge is 0.126 e. The van der Waals surface area contributed by atoms with E-state index < -0.39 is 0 Å². The van der Waals surface area contributed by atoms with E-state index >= 15 is 0 Å². The van der Waals surface area contributed by atoms with Crippen molar-refractivity contribution < 1.29 is 9.47 Å². The maximum atomic E-state index is 5.72. The van der Waals surface area contributed by atoms with E-state index in [0.717, 1.165) is 24.3 Å². The summed E-state index contributed by atoms with van der Waals surface area (Å²) in [6, 6.07) is 27.2. The summed E-state index contributed by atoms with van der Waals surface area (Å²) >= 11 is 0. The number of ether oxygens (including phenoxy) is 2. The summed E-state index contributed by atoms with van der Waals surface area (Å²) in [6.07, 6.45) is 17.4. The quantitative estimate of drug-likeness (QED) is 0.170. The Kier molecular flexibility index (Phi) is 9.83. The van der Waals surface area contributed by atoms with Gasteiger partial charge in [-0.3, -0.25) is 0 Å². The number of hydrogen-bond acceptors (Lipinski definition) is 2. The van der Waals surface area contributed by atoms with Crippen LogP contribution in [0.1, 0.15) is 49.3 Å². The normalized spacial score (nSPS) is 12.8. The van der Waals surface area contributed by atoms with Gasteiger partial charge in [0.25, 0.3) is 0 Å². The Balaban J connectivity index is 1.78. The molecule has 168 valence electrons. The highest BCUT2D eigenvalue weighted by Gasteiger charge is 2.16. The summed E-state index contributed by atoms with van der Waals surface area (Å²) in [4.78, 5) is 0. The molecular formula is C31H32O2. The van der Waals surface area contributed by atoms with Gasteiger partial charge in [0.15, 0.2) is 0 Å². The monoisotopic (exact) mass is 436 g/mol. The molecule has 0 aliphatic rings. The van der Waals surface area contributed by atoms with Gasteiger partial charge in [-0.2, -0.15) is 0 Å². The maximum Gasteiger partial charge on any atom is 0.126 e.